The minimum Gasteiger partial charge on any atom is -0.395 e. The number of aliphatic hydroxyl groups is 1. The first-order valence-corrected chi connectivity index (χ1v) is 4.50. The first-order chi connectivity index (χ1) is 6.88. The maximum atomic E-state index is 8.86. The van der Waals surface area contributed by atoms with Gasteiger partial charge in [0.15, 0.2) is 0 Å². The summed E-state index contributed by atoms with van der Waals surface area (Å²) in [7, 11) is 1.64. The molecule has 1 heterocycles. The van der Waals surface area contributed by atoms with Gasteiger partial charge < -0.3 is 14.7 Å². The van der Waals surface area contributed by atoms with Crippen LogP contribution in [0.2, 0.25) is 0 Å². The number of ether oxygens (including phenoxy) is 1. The van der Waals surface area contributed by atoms with Gasteiger partial charge in [-0.3, -0.25) is 0 Å². The van der Waals surface area contributed by atoms with Crippen LogP contribution in [0.1, 0.15) is 0 Å². The Morgan fingerprint density at radius 1 is 1.36 bits per heavy atom. The monoisotopic (exact) mass is 197 g/mol. The molecule has 0 amide bonds. The number of aliphatic hydroxyl groups excluding tert-OH is 1. The first kappa shape index (κ1) is 10.9. The van der Waals surface area contributed by atoms with Gasteiger partial charge in [0.25, 0.3) is 0 Å². The zero-order valence-corrected chi connectivity index (χ0v) is 8.26. The summed E-state index contributed by atoms with van der Waals surface area (Å²) in [4.78, 5) is 10.1. The Morgan fingerprint density at radius 2 is 2.07 bits per heavy atom. The molecule has 1 N–H and O–H groups in total. The van der Waals surface area contributed by atoms with Crippen molar-refractivity contribution < 1.29 is 9.84 Å². The Hall–Kier alpha value is -1.20. The predicted octanol–water partition coefficient (Wildman–Crippen LogP) is -0.0783. The molecule has 0 radical (unpaired) electrons. The van der Waals surface area contributed by atoms with Crippen molar-refractivity contribution in [3.05, 3.63) is 18.5 Å². The maximum Gasteiger partial charge on any atom is 0.225 e. The summed E-state index contributed by atoms with van der Waals surface area (Å²) in [6.07, 6.45) is 3.36. The SMILES string of the molecule is COCCN(CCO)c1ncccn1. The number of hydrogen-bond donors (Lipinski definition) is 1. The quantitative estimate of drug-likeness (QED) is 0.691. The summed E-state index contributed by atoms with van der Waals surface area (Å²) in [5.41, 5.74) is 0. The van der Waals surface area contributed by atoms with Crippen molar-refractivity contribution in [2.24, 2.45) is 0 Å². The van der Waals surface area contributed by atoms with Gasteiger partial charge in [-0.2, -0.15) is 0 Å². The lowest BCUT2D eigenvalue weighted by Crippen LogP contribution is -2.31. The second-order valence-electron chi connectivity index (χ2n) is 2.75. The van der Waals surface area contributed by atoms with Crippen molar-refractivity contribution in [3.63, 3.8) is 0 Å². The summed E-state index contributed by atoms with van der Waals surface area (Å²) in [6.45, 7) is 1.88. The van der Waals surface area contributed by atoms with Crippen LogP contribution < -0.4 is 4.90 Å². The molecule has 0 aromatic carbocycles. The fraction of sp³-hybridized carbons (Fsp3) is 0.556. The third-order valence-corrected chi connectivity index (χ3v) is 1.77. The summed E-state index contributed by atoms with van der Waals surface area (Å²) in [5, 5.41) is 8.86. The highest BCUT2D eigenvalue weighted by molar-refractivity contribution is 5.27. The van der Waals surface area contributed by atoms with Crippen LogP contribution in [-0.2, 0) is 4.74 Å². The van der Waals surface area contributed by atoms with E-state index in [0.717, 1.165) is 0 Å². The summed E-state index contributed by atoms with van der Waals surface area (Å²) in [6, 6.07) is 1.76. The van der Waals surface area contributed by atoms with E-state index in [2.05, 4.69) is 9.97 Å². The number of methoxy groups -OCH3 is 1. The van der Waals surface area contributed by atoms with E-state index in [1.807, 2.05) is 4.90 Å². The normalized spacial score (nSPS) is 10.1. The molecule has 5 nitrogen and oxygen atoms in total. The average Bonchev–Trinajstić information content (AvgIpc) is 2.25. The van der Waals surface area contributed by atoms with Crippen LogP contribution in [0.3, 0.4) is 0 Å². The molecule has 0 unspecified atom stereocenters. The molecule has 0 aliphatic carbocycles. The molecular formula is C9H15N3O2. The molecule has 0 spiro atoms. The molecule has 5 heteroatoms. The number of anilines is 1. The second kappa shape index (κ2) is 6.28. The number of aromatic nitrogens is 2. The van der Waals surface area contributed by atoms with E-state index >= 15 is 0 Å². The van der Waals surface area contributed by atoms with Crippen LogP contribution in [-0.4, -0.2) is 48.5 Å². The highest BCUT2D eigenvalue weighted by Gasteiger charge is 2.06. The fourth-order valence-electron chi connectivity index (χ4n) is 1.09. The molecule has 0 aliphatic rings. The van der Waals surface area contributed by atoms with E-state index in [-0.39, 0.29) is 6.61 Å². The fourth-order valence-corrected chi connectivity index (χ4v) is 1.09. The van der Waals surface area contributed by atoms with Crippen LogP contribution in [0, 0.1) is 0 Å². The molecule has 0 saturated carbocycles. The van der Waals surface area contributed by atoms with E-state index in [4.69, 9.17) is 9.84 Å². The molecule has 0 aliphatic heterocycles. The molecule has 14 heavy (non-hydrogen) atoms. The molecule has 0 saturated heterocycles. The minimum atomic E-state index is 0.0853. The Bertz CT molecular complexity index is 243. The van der Waals surface area contributed by atoms with E-state index in [1.54, 1.807) is 25.6 Å². The van der Waals surface area contributed by atoms with Crippen molar-refractivity contribution in [3.8, 4) is 0 Å². The van der Waals surface area contributed by atoms with Gasteiger partial charge in [-0.15, -0.1) is 0 Å². The predicted molar refractivity (Wildman–Crippen MR) is 53.2 cm³/mol. The number of rotatable bonds is 6. The van der Waals surface area contributed by atoms with Gasteiger partial charge in [-0.1, -0.05) is 0 Å². The van der Waals surface area contributed by atoms with Crippen molar-refractivity contribution in [1.82, 2.24) is 9.97 Å². The standard InChI is InChI=1S/C9H15N3O2/c1-14-8-6-12(5-7-13)9-10-3-2-4-11-9/h2-4,13H,5-8H2,1H3. The zero-order chi connectivity index (χ0) is 10.2. The Balaban J connectivity index is 2.58. The smallest absolute Gasteiger partial charge is 0.225 e. The zero-order valence-electron chi connectivity index (χ0n) is 8.26. The van der Waals surface area contributed by atoms with Gasteiger partial charge in [0.1, 0.15) is 0 Å². The Morgan fingerprint density at radius 3 is 2.64 bits per heavy atom. The number of nitrogens with zero attached hydrogens (tertiary/aromatic N) is 3. The van der Waals surface area contributed by atoms with Gasteiger partial charge in [-0.25, -0.2) is 9.97 Å². The van der Waals surface area contributed by atoms with Crippen LogP contribution in [0.5, 0.6) is 0 Å². The van der Waals surface area contributed by atoms with Crippen molar-refractivity contribution >= 4 is 5.95 Å². The van der Waals surface area contributed by atoms with Gasteiger partial charge in [-0.05, 0) is 6.07 Å². The van der Waals surface area contributed by atoms with Crippen LogP contribution in [0.15, 0.2) is 18.5 Å². The topological polar surface area (TPSA) is 58.5 Å². The van der Waals surface area contributed by atoms with Crippen molar-refractivity contribution in [2.45, 2.75) is 0 Å². The van der Waals surface area contributed by atoms with Crippen molar-refractivity contribution in [1.29, 1.82) is 0 Å². The lowest BCUT2D eigenvalue weighted by atomic mass is 10.5. The van der Waals surface area contributed by atoms with Gasteiger partial charge in [0.2, 0.25) is 5.95 Å². The third kappa shape index (κ3) is 3.27. The average molecular weight is 197 g/mol. The minimum absolute atomic E-state index is 0.0853. The molecule has 0 fully saturated rings. The Labute approximate surface area is 83.4 Å². The van der Waals surface area contributed by atoms with Gasteiger partial charge in [0, 0.05) is 32.6 Å². The van der Waals surface area contributed by atoms with Gasteiger partial charge in [0.05, 0.1) is 13.2 Å². The van der Waals surface area contributed by atoms with Crippen LogP contribution >= 0.6 is 0 Å². The highest BCUT2D eigenvalue weighted by Crippen LogP contribution is 2.03. The van der Waals surface area contributed by atoms with Crippen molar-refractivity contribution in [2.75, 3.05) is 38.3 Å². The summed E-state index contributed by atoms with van der Waals surface area (Å²) >= 11 is 0. The molecule has 1 aromatic rings. The maximum absolute atomic E-state index is 8.86. The summed E-state index contributed by atoms with van der Waals surface area (Å²) in [5.74, 6) is 0.624. The second-order valence-corrected chi connectivity index (χ2v) is 2.75. The lowest BCUT2D eigenvalue weighted by Gasteiger charge is -2.20. The summed E-state index contributed by atoms with van der Waals surface area (Å²) < 4.78 is 4.96. The number of hydrogen-bond acceptors (Lipinski definition) is 5. The van der Waals surface area contributed by atoms with Crippen LogP contribution in [0.25, 0.3) is 0 Å². The van der Waals surface area contributed by atoms with E-state index in [9.17, 15) is 0 Å². The molecule has 1 rings (SSSR count). The van der Waals surface area contributed by atoms with E-state index < -0.39 is 0 Å². The first-order valence-electron chi connectivity index (χ1n) is 4.50. The molecule has 1 aromatic heterocycles. The van der Waals surface area contributed by atoms with Crippen LogP contribution in [0.4, 0.5) is 5.95 Å². The van der Waals surface area contributed by atoms with E-state index in [1.165, 1.54) is 0 Å². The largest absolute Gasteiger partial charge is 0.395 e. The van der Waals surface area contributed by atoms with Gasteiger partial charge >= 0.3 is 0 Å². The molecule has 78 valence electrons. The molecular weight excluding hydrogens is 182 g/mol. The third-order valence-electron chi connectivity index (χ3n) is 1.77. The molecule has 0 bridgehead atoms. The molecule has 0 atom stereocenters. The lowest BCUT2D eigenvalue weighted by molar-refractivity contribution is 0.202. The van der Waals surface area contributed by atoms with E-state index in [0.29, 0.717) is 25.6 Å². The Kier molecular flexibility index (Phi) is 4.88. The highest BCUT2D eigenvalue weighted by atomic mass is 16.5.